The second-order valence-electron chi connectivity index (χ2n) is 4.35. The fourth-order valence-electron chi connectivity index (χ4n) is 2.12. The van der Waals surface area contributed by atoms with Gasteiger partial charge in [-0.05, 0) is 32.1 Å². The van der Waals surface area contributed by atoms with E-state index in [-0.39, 0.29) is 18.2 Å². The normalized spacial score (nSPS) is 19.6. The number of hydrogen-bond acceptors (Lipinski definition) is 3. The summed E-state index contributed by atoms with van der Waals surface area (Å²) in [5, 5.41) is 3.27. The molecule has 0 bridgehead atoms. The number of nitrogens with one attached hydrogen (secondary N) is 1. The summed E-state index contributed by atoms with van der Waals surface area (Å²) in [5.74, 6) is 0.0545. The summed E-state index contributed by atoms with van der Waals surface area (Å²) in [6, 6.07) is 7.12. The second-order valence-corrected chi connectivity index (χ2v) is 4.35. The van der Waals surface area contributed by atoms with Crippen molar-refractivity contribution in [1.82, 2.24) is 10.2 Å². The molecule has 1 aliphatic heterocycles. The molecule has 1 atom stereocenters. The van der Waals surface area contributed by atoms with E-state index in [0.29, 0.717) is 18.4 Å². The van der Waals surface area contributed by atoms with Crippen molar-refractivity contribution < 1.29 is 9.13 Å². The van der Waals surface area contributed by atoms with Crippen LogP contribution in [0.4, 0.5) is 4.39 Å². The molecule has 0 amide bonds. The van der Waals surface area contributed by atoms with Crippen LogP contribution in [-0.4, -0.2) is 44.2 Å². The lowest BCUT2D eigenvalue weighted by atomic mass is 10.3. The van der Waals surface area contributed by atoms with E-state index in [1.807, 2.05) is 7.05 Å². The average molecular weight is 275 g/mol. The minimum atomic E-state index is -0.290. The van der Waals surface area contributed by atoms with E-state index in [4.69, 9.17) is 4.74 Å². The summed E-state index contributed by atoms with van der Waals surface area (Å²) < 4.78 is 18.7. The molecule has 0 aromatic heterocycles. The standard InChI is InChI=1S/C13H19FN2O.ClH/c1-15-11-6-7-16(10-11)8-9-17-13-5-3-2-4-12(13)14;/h2-5,11,15H,6-10H2,1H3;1H. The van der Waals surface area contributed by atoms with Crippen LogP contribution in [0.15, 0.2) is 24.3 Å². The maximum atomic E-state index is 13.3. The van der Waals surface area contributed by atoms with Gasteiger partial charge in [-0.15, -0.1) is 12.4 Å². The third-order valence-corrected chi connectivity index (χ3v) is 3.18. The third kappa shape index (κ3) is 4.12. The van der Waals surface area contributed by atoms with Crippen molar-refractivity contribution in [3.63, 3.8) is 0 Å². The predicted octanol–water partition coefficient (Wildman–Crippen LogP) is 1.92. The Bertz CT molecular complexity index is 365. The number of nitrogens with zero attached hydrogens (tertiary/aromatic N) is 1. The van der Waals surface area contributed by atoms with Gasteiger partial charge in [0, 0.05) is 19.1 Å². The van der Waals surface area contributed by atoms with Gasteiger partial charge in [0.05, 0.1) is 0 Å². The average Bonchev–Trinajstić information content (AvgIpc) is 2.80. The smallest absolute Gasteiger partial charge is 0.165 e. The highest BCUT2D eigenvalue weighted by Crippen LogP contribution is 2.15. The molecule has 2 rings (SSSR count). The fraction of sp³-hybridized carbons (Fsp3) is 0.538. The Hall–Kier alpha value is -0.840. The molecule has 0 aliphatic carbocycles. The van der Waals surface area contributed by atoms with Gasteiger partial charge in [-0.3, -0.25) is 4.90 Å². The highest BCUT2D eigenvalue weighted by molar-refractivity contribution is 5.85. The Balaban J connectivity index is 0.00000162. The van der Waals surface area contributed by atoms with Gasteiger partial charge in [0.1, 0.15) is 6.61 Å². The quantitative estimate of drug-likeness (QED) is 0.888. The highest BCUT2D eigenvalue weighted by Gasteiger charge is 2.20. The number of likely N-dealkylation sites (tertiary alicyclic amines) is 1. The molecule has 0 radical (unpaired) electrons. The lowest BCUT2D eigenvalue weighted by molar-refractivity contribution is 0.228. The van der Waals surface area contributed by atoms with Gasteiger partial charge in [0.15, 0.2) is 11.6 Å². The molecular formula is C13H20ClFN2O. The summed E-state index contributed by atoms with van der Waals surface area (Å²) in [4.78, 5) is 2.34. The summed E-state index contributed by atoms with van der Waals surface area (Å²) in [6.07, 6.45) is 1.18. The highest BCUT2D eigenvalue weighted by atomic mass is 35.5. The third-order valence-electron chi connectivity index (χ3n) is 3.18. The SMILES string of the molecule is CNC1CCN(CCOc2ccccc2F)C1.Cl. The molecule has 3 nitrogen and oxygen atoms in total. The van der Waals surface area contributed by atoms with Gasteiger partial charge in [0.25, 0.3) is 0 Å². The second kappa shape index (κ2) is 7.56. The maximum Gasteiger partial charge on any atom is 0.165 e. The molecule has 1 aromatic carbocycles. The minimum absolute atomic E-state index is 0. The summed E-state index contributed by atoms with van der Waals surface area (Å²) in [5.41, 5.74) is 0. The van der Waals surface area contributed by atoms with E-state index >= 15 is 0 Å². The van der Waals surface area contributed by atoms with Crippen LogP contribution in [-0.2, 0) is 0 Å². The van der Waals surface area contributed by atoms with Crippen molar-refractivity contribution in [2.45, 2.75) is 12.5 Å². The Kier molecular flexibility index (Phi) is 6.39. The van der Waals surface area contributed by atoms with E-state index in [0.717, 1.165) is 19.6 Å². The lowest BCUT2D eigenvalue weighted by Gasteiger charge is -2.16. The van der Waals surface area contributed by atoms with E-state index < -0.39 is 0 Å². The van der Waals surface area contributed by atoms with Crippen molar-refractivity contribution in [3.05, 3.63) is 30.1 Å². The molecule has 1 unspecified atom stereocenters. The Morgan fingerprint density at radius 2 is 2.22 bits per heavy atom. The Morgan fingerprint density at radius 1 is 1.44 bits per heavy atom. The molecule has 1 aromatic rings. The van der Waals surface area contributed by atoms with Gasteiger partial charge < -0.3 is 10.1 Å². The number of hydrogen-bond donors (Lipinski definition) is 1. The molecule has 5 heteroatoms. The number of para-hydroxylation sites is 1. The maximum absolute atomic E-state index is 13.3. The molecule has 102 valence electrons. The van der Waals surface area contributed by atoms with Crippen molar-refractivity contribution in [2.75, 3.05) is 33.3 Å². The number of benzene rings is 1. The molecule has 0 saturated carbocycles. The van der Waals surface area contributed by atoms with Crippen LogP contribution < -0.4 is 10.1 Å². The van der Waals surface area contributed by atoms with Gasteiger partial charge in [-0.2, -0.15) is 0 Å². The molecule has 1 saturated heterocycles. The van der Waals surface area contributed by atoms with Crippen LogP contribution in [0.1, 0.15) is 6.42 Å². The summed E-state index contributed by atoms with van der Waals surface area (Å²) >= 11 is 0. The van der Waals surface area contributed by atoms with Crippen molar-refractivity contribution in [2.24, 2.45) is 0 Å². The Labute approximate surface area is 114 Å². The summed E-state index contributed by atoms with van der Waals surface area (Å²) in [6.45, 7) is 3.53. The van der Waals surface area contributed by atoms with Gasteiger partial charge in [-0.25, -0.2) is 4.39 Å². The molecule has 1 aliphatic rings. The number of likely N-dealkylation sites (N-methyl/N-ethyl adjacent to an activating group) is 1. The van der Waals surface area contributed by atoms with E-state index in [2.05, 4.69) is 10.2 Å². The molecule has 18 heavy (non-hydrogen) atoms. The van der Waals surface area contributed by atoms with Crippen LogP contribution in [0, 0.1) is 5.82 Å². The van der Waals surface area contributed by atoms with Crippen molar-refractivity contribution in [1.29, 1.82) is 0 Å². The zero-order valence-corrected chi connectivity index (χ0v) is 11.4. The van der Waals surface area contributed by atoms with Crippen LogP contribution in [0.2, 0.25) is 0 Å². The van der Waals surface area contributed by atoms with Crippen molar-refractivity contribution >= 4 is 12.4 Å². The van der Waals surface area contributed by atoms with E-state index in [1.54, 1.807) is 18.2 Å². The van der Waals surface area contributed by atoms with Gasteiger partial charge >= 0.3 is 0 Å². The Morgan fingerprint density at radius 3 is 2.89 bits per heavy atom. The first kappa shape index (κ1) is 15.2. The summed E-state index contributed by atoms with van der Waals surface area (Å²) in [7, 11) is 1.99. The number of ether oxygens (including phenoxy) is 1. The molecule has 1 heterocycles. The zero-order valence-electron chi connectivity index (χ0n) is 10.6. The van der Waals surface area contributed by atoms with Crippen LogP contribution >= 0.6 is 12.4 Å². The first-order valence-corrected chi connectivity index (χ1v) is 6.06. The largest absolute Gasteiger partial charge is 0.489 e. The predicted molar refractivity (Wildman–Crippen MR) is 73.0 cm³/mol. The van der Waals surface area contributed by atoms with Crippen molar-refractivity contribution in [3.8, 4) is 5.75 Å². The lowest BCUT2D eigenvalue weighted by Crippen LogP contribution is -2.31. The first-order chi connectivity index (χ1) is 8.29. The molecule has 1 N–H and O–H groups in total. The van der Waals surface area contributed by atoms with Crippen LogP contribution in [0.5, 0.6) is 5.75 Å². The monoisotopic (exact) mass is 274 g/mol. The zero-order chi connectivity index (χ0) is 12.1. The van der Waals surface area contributed by atoms with Crippen LogP contribution in [0.25, 0.3) is 0 Å². The van der Waals surface area contributed by atoms with Gasteiger partial charge in [0.2, 0.25) is 0 Å². The first-order valence-electron chi connectivity index (χ1n) is 6.06. The molecule has 1 fully saturated rings. The minimum Gasteiger partial charge on any atom is -0.489 e. The number of halogens is 2. The number of rotatable bonds is 5. The van der Waals surface area contributed by atoms with E-state index in [9.17, 15) is 4.39 Å². The van der Waals surface area contributed by atoms with E-state index in [1.165, 1.54) is 12.5 Å². The van der Waals surface area contributed by atoms with Crippen LogP contribution in [0.3, 0.4) is 0 Å². The molecule has 0 spiro atoms. The van der Waals surface area contributed by atoms with Gasteiger partial charge in [-0.1, -0.05) is 12.1 Å². The molecular weight excluding hydrogens is 255 g/mol. The topological polar surface area (TPSA) is 24.5 Å². The fourth-order valence-corrected chi connectivity index (χ4v) is 2.12.